The quantitative estimate of drug-likeness (QED) is 0.286. The van der Waals surface area contributed by atoms with Crippen LogP contribution in [0.15, 0.2) is 54.6 Å². The van der Waals surface area contributed by atoms with Crippen LogP contribution in [-0.2, 0) is 14.9 Å². The lowest BCUT2D eigenvalue weighted by Gasteiger charge is -2.50. The highest BCUT2D eigenvalue weighted by Crippen LogP contribution is 2.64. The van der Waals surface area contributed by atoms with Crippen molar-refractivity contribution in [2.24, 2.45) is 0 Å². The van der Waals surface area contributed by atoms with Gasteiger partial charge in [0.15, 0.2) is 0 Å². The minimum absolute atomic E-state index is 0.0171. The third kappa shape index (κ3) is 2.87. The lowest BCUT2D eigenvalue weighted by Crippen LogP contribution is -2.43. The molecule has 0 aliphatic heterocycles. The normalized spacial score (nSPS) is 18.7. The van der Waals surface area contributed by atoms with Gasteiger partial charge in [0, 0.05) is 18.4 Å². The molecule has 0 fully saturated rings. The molecular formula is C24H17N3O8. The van der Waals surface area contributed by atoms with Gasteiger partial charge in [-0.3, -0.25) is 35.1 Å². The second-order valence-corrected chi connectivity index (χ2v) is 8.42. The van der Waals surface area contributed by atoms with Gasteiger partial charge < -0.3 is 4.74 Å². The summed E-state index contributed by atoms with van der Waals surface area (Å²) in [4.78, 5) is 45.5. The van der Waals surface area contributed by atoms with Gasteiger partial charge in [-0.05, 0) is 34.2 Å². The highest BCUT2D eigenvalue weighted by molar-refractivity contribution is 5.83. The number of benzene rings is 3. The first kappa shape index (κ1) is 22.1. The number of nitro groups is 3. The fourth-order valence-corrected chi connectivity index (χ4v) is 5.82. The summed E-state index contributed by atoms with van der Waals surface area (Å²) in [6.07, 6.45) is -0.117. The van der Waals surface area contributed by atoms with Crippen LogP contribution in [-0.4, -0.2) is 27.8 Å². The van der Waals surface area contributed by atoms with Crippen LogP contribution in [0.25, 0.3) is 0 Å². The Balaban J connectivity index is 2.00. The van der Waals surface area contributed by atoms with Gasteiger partial charge in [-0.2, -0.15) is 0 Å². The van der Waals surface area contributed by atoms with Crippen molar-refractivity contribution in [2.45, 2.75) is 24.2 Å². The molecule has 0 heterocycles. The van der Waals surface area contributed by atoms with E-state index in [-0.39, 0.29) is 24.0 Å². The fraction of sp³-hybridized carbons (Fsp3) is 0.208. The van der Waals surface area contributed by atoms with Crippen LogP contribution in [0, 0.1) is 30.3 Å². The van der Waals surface area contributed by atoms with Crippen molar-refractivity contribution in [3.05, 3.63) is 118 Å². The van der Waals surface area contributed by atoms with Crippen LogP contribution in [0.1, 0.15) is 52.1 Å². The maximum absolute atomic E-state index is 12.4. The van der Waals surface area contributed by atoms with Crippen LogP contribution < -0.4 is 0 Å². The molecule has 11 heteroatoms. The molecule has 176 valence electrons. The highest BCUT2D eigenvalue weighted by Gasteiger charge is 2.58. The number of carbonyl (C=O) groups excluding carboxylic acids is 1. The SMILES string of the molecule is COC(=O)CCC12c3ccccc3C(c3ccccc31)c1cc([N+](=O)[O-])c([N+](=O)[O-])c([N+](=O)[O-])c12. The van der Waals surface area contributed by atoms with E-state index in [0.29, 0.717) is 11.1 Å². The number of nitro benzene ring substituents is 3. The Hall–Kier alpha value is -4.67. The third-order valence-corrected chi connectivity index (χ3v) is 6.98. The zero-order valence-corrected chi connectivity index (χ0v) is 18.3. The molecule has 0 saturated carbocycles. The molecular weight excluding hydrogens is 458 g/mol. The van der Waals surface area contributed by atoms with E-state index in [0.717, 1.165) is 17.2 Å². The molecule has 0 unspecified atom stereocenters. The van der Waals surface area contributed by atoms with Gasteiger partial charge in [0.1, 0.15) is 0 Å². The van der Waals surface area contributed by atoms with Gasteiger partial charge in [-0.15, -0.1) is 0 Å². The topological polar surface area (TPSA) is 156 Å². The molecule has 0 spiro atoms. The van der Waals surface area contributed by atoms with E-state index in [1.165, 1.54) is 7.11 Å². The van der Waals surface area contributed by atoms with Crippen LogP contribution in [0.2, 0.25) is 0 Å². The van der Waals surface area contributed by atoms with Crippen molar-refractivity contribution < 1.29 is 24.3 Å². The summed E-state index contributed by atoms with van der Waals surface area (Å²) in [6, 6.07) is 15.4. The maximum Gasteiger partial charge on any atom is 0.422 e. The third-order valence-electron chi connectivity index (χ3n) is 6.98. The van der Waals surface area contributed by atoms with Crippen LogP contribution in [0.4, 0.5) is 17.1 Å². The molecule has 3 aliphatic carbocycles. The van der Waals surface area contributed by atoms with Gasteiger partial charge in [-0.1, -0.05) is 48.5 Å². The van der Waals surface area contributed by atoms with Crippen molar-refractivity contribution in [1.82, 2.24) is 0 Å². The Morgan fingerprint density at radius 1 is 0.857 bits per heavy atom. The van der Waals surface area contributed by atoms with Crippen molar-refractivity contribution in [1.29, 1.82) is 0 Å². The molecule has 3 aliphatic rings. The molecule has 3 aromatic carbocycles. The lowest BCUT2D eigenvalue weighted by atomic mass is 9.51. The molecule has 0 atom stereocenters. The van der Waals surface area contributed by atoms with E-state index >= 15 is 0 Å². The number of hydrogen-bond acceptors (Lipinski definition) is 8. The van der Waals surface area contributed by atoms with Gasteiger partial charge >= 0.3 is 23.0 Å². The number of esters is 1. The molecule has 0 radical (unpaired) electrons. The zero-order chi connectivity index (χ0) is 25.1. The van der Waals surface area contributed by atoms with Crippen LogP contribution in [0.3, 0.4) is 0 Å². The number of rotatable bonds is 6. The van der Waals surface area contributed by atoms with E-state index in [1.807, 2.05) is 12.1 Å². The molecule has 0 N–H and O–H groups in total. The molecule has 0 aromatic heterocycles. The van der Waals surface area contributed by atoms with Crippen LogP contribution >= 0.6 is 0 Å². The van der Waals surface area contributed by atoms with Gasteiger partial charge in [0.05, 0.1) is 32.9 Å². The predicted molar refractivity (Wildman–Crippen MR) is 121 cm³/mol. The lowest BCUT2D eigenvalue weighted by molar-refractivity contribution is -0.441. The number of methoxy groups -OCH3 is 1. The Morgan fingerprint density at radius 3 is 1.89 bits per heavy atom. The summed E-state index contributed by atoms with van der Waals surface area (Å²) in [5.74, 6) is -1.15. The molecule has 0 saturated heterocycles. The Bertz CT molecular complexity index is 1420. The maximum atomic E-state index is 12.4. The van der Waals surface area contributed by atoms with Gasteiger partial charge in [0.2, 0.25) is 0 Å². The summed E-state index contributed by atoms with van der Waals surface area (Å²) >= 11 is 0. The predicted octanol–water partition coefficient (Wildman–Crippen LogP) is 4.51. The Labute approximate surface area is 197 Å². The minimum Gasteiger partial charge on any atom is -0.469 e. The summed E-state index contributed by atoms with van der Waals surface area (Å²) in [6.45, 7) is 0. The molecule has 3 aromatic rings. The molecule has 35 heavy (non-hydrogen) atoms. The second kappa shape index (κ2) is 7.69. The summed E-state index contributed by atoms with van der Waals surface area (Å²) in [7, 11) is 1.23. The molecule has 2 bridgehead atoms. The van der Waals surface area contributed by atoms with E-state index in [4.69, 9.17) is 4.74 Å². The second-order valence-electron chi connectivity index (χ2n) is 8.42. The largest absolute Gasteiger partial charge is 0.469 e. The van der Waals surface area contributed by atoms with Crippen molar-refractivity contribution in [3.8, 4) is 0 Å². The number of nitrogens with zero attached hydrogens (tertiary/aromatic N) is 3. The summed E-state index contributed by atoms with van der Waals surface area (Å²) in [5, 5.41) is 36.2. The van der Waals surface area contributed by atoms with Gasteiger partial charge in [0.25, 0.3) is 0 Å². The number of hydrogen-bond donors (Lipinski definition) is 0. The highest BCUT2D eigenvalue weighted by atomic mass is 16.6. The molecule has 6 rings (SSSR count). The Morgan fingerprint density at radius 2 is 1.40 bits per heavy atom. The smallest absolute Gasteiger partial charge is 0.422 e. The van der Waals surface area contributed by atoms with E-state index in [2.05, 4.69) is 0 Å². The zero-order valence-electron chi connectivity index (χ0n) is 18.3. The summed E-state index contributed by atoms with van der Waals surface area (Å²) in [5.41, 5.74) is -1.17. The summed E-state index contributed by atoms with van der Waals surface area (Å²) < 4.78 is 4.83. The minimum atomic E-state index is -1.33. The van der Waals surface area contributed by atoms with E-state index in [1.54, 1.807) is 36.4 Å². The number of carbonyl (C=O) groups is 1. The molecule has 0 amide bonds. The molecule has 11 nitrogen and oxygen atoms in total. The van der Waals surface area contributed by atoms with Crippen molar-refractivity contribution >= 4 is 23.0 Å². The first-order chi connectivity index (χ1) is 16.7. The average Bonchev–Trinajstić information content (AvgIpc) is 2.85. The fourth-order valence-electron chi connectivity index (χ4n) is 5.82. The van der Waals surface area contributed by atoms with Gasteiger partial charge in [-0.25, -0.2) is 0 Å². The van der Waals surface area contributed by atoms with Crippen molar-refractivity contribution in [3.63, 3.8) is 0 Å². The first-order valence-corrected chi connectivity index (χ1v) is 10.6. The van der Waals surface area contributed by atoms with Crippen LogP contribution in [0.5, 0.6) is 0 Å². The standard InChI is InChI=1S/C24H17N3O8/c1-35-19(28)10-11-24-16-8-4-2-6-13(16)20(14-7-3-5-9-17(14)24)15-12-18(25(29)30)22(26(31)32)23(21(15)24)27(33)34/h2-9,12,20H,10-11H2,1H3. The Kier molecular flexibility index (Phi) is 4.86. The van der Waals surface area contributed by atoms with Crippen molar-refractivity contribution in [2.75, 3.05) is 7.11 Å². The monoisotopic (exact) mass is 475 g/mol. The average molecular weight is 475 g/mol. The first-order valence-electron chi connectivity index (χ1n) is 10.6. The van der Waals surface area contributed by atoms with E-state index in [9.17, 15) is 35.1 Å². The van der Waals surface area contributed by atoms with E-state index < -0.39 is 49.1 Å². The number of ether oxygens (including phenoxy) is 1.